The molecular formula is C24H20N2O. The molecule has 0 unspecified atom stereocenters. The molecule has 3 heterocycles. The number of benzene rings is 2. The Kier molecular flexibility index (Phi) is 3.44. The number of pyridine rings is 2. The minimum atomic E-state index is 0.852. The Morgan fingerprint density at radius 1 is 0.889 bits per heavy atom. The lowest BCUT2D eigenvalue weighted by molar-refractivity contribution is 0.414. The molecule has 0 fully saturated rings. The van der Waals surface area contributed by atoms with Crippen molar-refractivity contribution in [3.63, 3.8) is 0 Å². The number of aromatic nitrogens is 2. The monoisotopic (exact) mass is 352 g/mol. The number of hydrogen-bond acceptors (Lipinski definition) is 2. The van der Waals surface area contributed by atoms with Gasteiger partial charge in [0.1, 0.15) is 5.75 Å². The van der Waals surface area contributed by atoms with Gasteiger partial charge >= 0.3 is 0 Å². The summed E-state index contributed by atoms with van der Waals surface area (Å²) in [6, 6.07) is 21.2. The molecule has 132 valence electrons. The van der Waals surface area contributed by atoms with Gasteiger partial charge in [0.25, 0.3) is 0 Å². The molecule has 0 radical (unpaired) electrons. The van der Waals surface area contributed by atoms with Gasteiger partial charge in [-0.3, -0.25) is 0 Å². The first kappa shape index (κ1) is 15.9. The fourth-order valence-corrected chi connectivity index (χ4v) is 3.97. The number of aryl methyl sites for hydroxylation is 2. The predicted molar refractivity (Wildman–Crippen MR) is 112 cm³/mol. The number of hydrogen-bond donors (Lipinski definition) is 0. The Morgan fingerprint density at radius 3 is 2.59 bits per heavy atom. The zero-order valence-corrected chi connectivity index (χ0v) is 15.7. The first-order valence-corrected chi connectivity index (χ1v) is 9.11. The fourth-order valence-electron chi connectivity index (χ4n) is 3.97. The number of ether oxygens (including phenoxy) is 1. The number of fused-ring (bicyclic) bond motifs is 5. The van der Waals surface area contributed by atoms with Crippen molar-refractivity contribution in [2.45, 2.75) is 13.8 Å². The zero-order chi connectivity index (χ0) is 18.5. The molecule has 0 amide bonds. The van der Waals surface area contributed by atoms with Crippen LogP contribution >= 0.6 is 0 Å². The van der Waals surface area contributed by atoms with Crippen molar-refractivity contribution < 1.29 is 4.74 Å². The van der Waals surface area contributed by atoms with E-state index in [-0.39, 0.29) is 0 Å². The average Bonchev–Trinajstić information content (AvgIpc) is 3.08. The molecule has 0 aliphatic rings. The van der Waals surface area contributed by atoms with E-state index in [1.165, 1.54) is 21.9 Å². The molecule has 3 heteroatoms. The Bertz CT molecular complexity index is 1330. The number of nitrogens with zero attached hydrogens (tertiary/aromatic N) is 2. The highest BCUT2D eigenvalue weighted by Crippen LogP contribution is 2.36. The molecule has 0 bridgehead atoms. The Balaban J connectivity index is 2.00. The highest BCUT2D eigenvalue weighted by Gasteiger charge is 2.16. The van der Waals surface area contributed by atoms with Gasteiger partial charge in [0.15, 0.2) is 0 Å². The molecule has 3 nitrogen and oxygen atoms in total. The lowest BCUT2D eigenvalue weighted by atomic mass is 10.0. The van der Waals surface area contributed by atoms with Gasteiger partial charge < -0.3 is 9.14 Å². The second-order valence-corrected chi connectivity index (χ2v) is 7.07. The van der Waals surface area contributed by atoms with Crippen LogP contribution in [0.5, 0.6) is 5.75 Å². The van der Waals surface area contributed by atoms with E-state index in [0.717, 1.165) is 33.6 Å². The molecule has 0 saturated heterocycles. The van der Waals surface area contributed by atoms with Crippen molar-refractivity contribution in [1.82, 2.24) is 9.38 Å². The highest BCUT2D eigenvalue weighted by atomic mass is 16.5. The van der Waals surface area contributed by atoms with E-state index in [1.54, 1.807) is 7.11 Å². The Morgan fingerprint density at radius 2 is 1.74 bits per heavy atom. The van der Waals surface area contributed by atoms with E-state index >= 15 is 0 Å². The minimum Gasteiger partial charge on any atom is -0.497 e. The van der Waals surface area contributed by atoms with Gasteiger partial charge in [-0.25, -0.2) is 4.98 Å². The van der Waals surface area contributed by atoms with Gasteiger partial charge in [-0.05, 0) is 61.4 Å². The van der Waals surface area contributed by atoms with E-state index in [1.807, 2.05) is 12.1 Å². The standard InChI is InChI=1S/C24H20N2O/c1-15-11-17(13-18(12-15)27-3)23-24-20(19-8-4-5-9-21(19)25-23)14-22-16(2)7-6-10-26(22)24/h4-14H,1-3H3. The first-order valence-electron chi connectivity index (χ1n) is 9.11. The average molecular weight is 352 g/mol. The van der Waals surface area contributed by atoms with Gasteiger partial charge in [0.05, 0.1) is 23.8 Å². The van der Waals surface area contributed by atoms with E-state index in [0.29, 0.717) is 0 Å². The molecule has 0 saturated carbocycles. The van der Waals surface area contributed by atoms with Gasteiger partial charge in [0, 0.05) is 28.0 Å². The molecule has 0 N–H and O–H groups in total. The number of rotatable bonds is 2. The Labute approximate surface area is 157 Å². The summed E-state index contributed by atoms with van der Waals surface area (Å²) in [6.07, 6.45) is 2.12. The molecule has 27 heavy (non-hydrogen) atoms. The van der Waals surface area contributed by atoms with E-state index < -0.39 is 0 Å². The summed E-state index contributed by atoms with van der Waals surface area (Å²) < 4.78 is 7.77. The third-order valence-corrected chi connectivity index (χ3v) is 5.23. The van der Waals surface area contributed by atoms with Crippen LogP contribution in [0.2, 0.25) is 0 Å². The van der Waals surface area contributed by atoms with Crippen LogP contribution in [0, 0.1) is 13.8 Å². The lowest BCUT2D eigenvalue weighted by Crippen LogP contribution is -1.94. The van der Waals surface area contributed by atoms with Gasteiger partial charge in [-0.2, -0.15) is 0 Å². The highest BCUT2D eigenvalue weighted by molar-refractivity contribution is 6.12. The maximum atomic E-state index is 5.51. The predicted octanol–water partition coefficient (Wildman–Crippen LogP) is 5.93. The largest absolute Gasteiger partial charge is 0.497 e. The van der Waals surface area contributed by atoms with Crippen LogP contribution in [0.25, 0.3) is 38.6 Å². The minimum absolute atomic E-state index is 0.852. The van der Waals surface area contributed by atoms with Crippen LogP contribution < -0.4 is 4.74 Å². The molecule has 0 aliphatic heterocycles. The van der Waals surface area contributed by atoms with Crippen LogP contribution in [0.15, 0.2) is 66.9 Å². The molecule has 0 aliphatic carbocycles. The summed E-state index contributed by atoms with van der Waals surface area (Å²) in [5, 5.41) is 2.41. The normalized spacial score (nSPS) is 11.5. The van der Waals surface area contributed by atoms with Gasteiger partial charge in [-0.15, -0.1) is 0 Å². The van der Waals surface area contributed by atoms with Crippen LogP contribution in [0.4, 0.5) is 0 Å². The smallest absolute Gasteiger partial charge is 0.119 e. The fraction of sp³-hybridized carbons (Fsp3) is 0.125. The van der Waals surface area contributed by atoms with E-state index in [2.05, 4.69) is 73.0 Å². The maximum absolute atomic E-state index is 5.51. The zero-order valence-electron chi connectivity index (χ0n) is 15.7. The maximum Gasteiger partial charge on any atom is 0.119 e. The summed E-state index contributed by atoms with van der Waals surface area (Å²) >= 11 is 0. The summed E-state index contributed by atoms with van der Waals surface area (Å²) in [6.45, 7) is 4.24. The molecule has 2 aromatic carbocycles. The van der Waals surface area contributed by atoms with Crippen molar-refractivity contribution in [2.24, 2.45) is 0 Å². The van der Waals surface area contributed by atoms with E-state index in [4.69, 9.17) is 9.72 Å². The third kappa shape index (κ3) is 2.39. The third-order valence-electron chi connectivity index (χ3n) is 5.23. The van der Waals surface area contributed by atoms with Crippen molar-refractivity contribution in [2.75, 3.05) is 7.11 Å². The Hall–Kier alpha value is -3.33. The summed E-state index contributed by atoms with van der Waals surface area (Å²) in [7, 11) is 1.71. The van der Waals surface area contributed by atoms with Gasteiger partial charge in [-0.1, -0.05) is 24.3 Å². The van der Waals surface area contributed by atoms with Crippen molar-refractivity contribution in [1.29, 1.82) is 0 Å². The summed E-state index contributed by atoms with van der Waals surface area (Å²) in [5.74, 6) is 0.852. The van der Waals surface area contributed by atoms with Crippen molar-refractivity contribution in [3.05, 3.63) is 78.0 Å². The van der Waals surface area contributed by atoms with Gasteiger partial charge in [0.2, 0.25) is 0 Å². The molecule has 5 aromatic rings. The SMILES string of the molecule is COc1cc(C)cc(-c2nc3ccccc3c3cc4c(C)cccn4c23)c1. The van der Waals surface area contributed by atoms with Crippen LogP contribution in [-0.4, -0.2) is 16.5 Å². The number of methoxy groups -OCH3 is 1. The topological polar surface area (TPSA) is 26.5 Å². The quantitative estimate of drug-likeness (QED) is 0.393. The molecule has 0 spiro atoms. The molecule has 3 aromatic heterocycles. The summed E-state index contributed by atoms with van der Waals surface area (Å²) in [5.41, 5.74) is 7.83. The van der Waals surface area contributed by atoms with Crippen LogP contribution in [0.3, 0.4) is 0 Å². The van der Waals surface area contributed by atoms with Crippen LogP contribution in [-0.2, 0) is 0 Å². The van der Waals surface area contributed by atoms with Crippen molar-refractivity contribution >= 4 is 27.3 Å². The summed E-state index contributed by atoms with van der Waals surface area (Å²) in [4.78, 5) is 5.07. The first-order chi connectivity index (χ1) is 13.2. The lowest BCUT2D eigenvalue weighted by Gasteiger charge is -2.11. The molecule has 5 rings (SSSR count). The number of para-hydroxylation sites is 1. The molecular weight excluding hydrogens is 332 g/mol. The molecule has 0 atom stereocenters. The second-order valence-electron chi connectivity index (χ2n) is 7.07. The second kappa shape index (κ2) is 5.85. The van der Waals surface area contributed by atoms with E-state index in [9.17, 15) is 0 Å². The van der Waals surface area contributed by atoms with Crippen LogP contribution in [0.1, 0.15) is 11.1 Å². The van der Waals surface area contributed by atoms with Crippen molar-refractivity contribution in [3.8, 4) is 17.0 Å².